The first kappa shape index (κ1) is 11.4. The number of hydrogen-bond acceptors (Lipinski definition) is 4. The summed E-state index contributed by atoms with van der Waals surface area (Å²) >= 11 is 0. The van der Waals surface area contributed by atoms with Crippen molar-refractivity contribution in [2.75, 3.05) is 14.2 Å². The normalized spacial score (nSPS) is 9.87. The number of ether oxygens (including phenoxy) is 2. The molecule has 1 aromatic carbocycles. The highest BCUT2D eigenvalue weighted by molar-refractivity contribution is 5.95. The first-order valence-electron chi connectivity index (χ1n) is 4.48. The maximum atomic E-state index is 11.4. The van der Waals surface area contributed by atoms with Crippen LogP contribution in [0.15, 0.2) is 6.07 Å². The van der Waals surface area contributed by atoms with Gasteiger partial charge in [-0.15, -0.1) is 0 Å². The number of carbonyl (C=O) groups is 1. The molecule has 1 aromatic rings. The van der Waals surface area contributed by atoms with Crippen LogP contribution in [0, 0.1) is 13.8 Å². The van der Waals surface area contributed by atoms with Crippen LogP contribution >= 0.6 is 0 Å². The van der Waals surface area contributed by atoms with Crippen molar-refractivity contribution in [3.8, 4) is 11.5 Å². The Bertz CT molecular complexity index is 396. The minimum absolute atomic E-state index is 0.153. The highest BCUT2D eigenvalue weighted by Gasteiger charge is 2.20. The van der Waals surface area contributed by atoms with Gasteiger partial charge in [-0.2, -0.15) is 0 Å². The molecule has 0 aromatic heterocycles. The van der Waals surface area contributed by atoms with E-state index in [1.807, 2.05) is 0 Å². The van der Waals surface area contributed by atoms with Crippen LogP contribution in [0.4, 0.5) is 0 Å². The Morgan fingerprint density at radius 2 is 1.87 bits per heavy atom. The fraction of sp³-hybridized carbons (Fsp3) is 0.364. The van der Waals surface area contributed by atoms with E-state index in [1.165, 1.54) is 14.2 Å². The zero-order chi connectivity index (χ0) is 11.6. The second-order valence-electron chi connectivity index (χ2n) is 3.26. The van der Waals surface area contributed by atoms with Gasteiger partial charge >= 0.3 is 5.97 Å². The van der Waals surface area contributed by atoms with Gasteiger partial charge in [0.25, 0.3) is 0 Å². The fourth-order valence-electron chi connectivity index (χ4n) is 1.57. The second kappa shape index (κ2) is 4.21. The van der Waals surface area contributed by atoms with Gasteiger partial charge in [0.15, 0.2) is 11.5 Å². The molecule has 0 radical (unpaired) electrons. The summed E-state index contributed by atoms with van der Waals surface area (Å²) in [6.45, 7) is 3.53. The van der Waals surface area contributed by atoms with Gasteiger partial charge in [-0.1, -0.05) is 6.07 Å². The summed E-state index contributed by atoms with van der Waals surface area (Å²) in [4.78, 5) is 11.4. The number of carbonyl (C=O) groups excluding carboxylic acids is 1. The topological polar surface area (TPSA) is 55.8 Å². The monoisotopic (exact) mass is 210 g/mol. The van der Waals surface area contributed by atoms with Crippen molar-refractivity contribution in [1.82, 2.24) is 0 Å². The molecule has 0 aliphatic carbocycles. The molecular weight excluding hydrogens is 196 g/mol. The molecule has 0 aliphatic rings. The lowest BCUT2D eigenvalue weighted by Gasteiger charge is -2.12. The molecule has 0 fully saturated rings. The minimum atomic E-state index is -0.566. The lowest BCUT2D eigenvalue weighted by atomic mass is 10.0. The molecule has 0 heterocycles. The van der Waals surface area contributed by atoms with Crippen molar-refractivity contribution in [3.05, 3.63) is 22.8 Å². The van der Waals surface area contributed by atoms with Gasteiger partial charge in [0.2, 0.25) is 0 Å². The Labute approximate surface area is 88.4 Å². The van der Waals surface area contributed by atoms with Gasteiger partial charge in [0.05, 0.1) is 14.2 Å². The number of hydrogen-bond donors (Lipinski definition) is 1. The first-order chi connectivity index (χ1) is 7.02. The first-order valence-corrected chi connectivity index (χ1v) is 4.48. The number of aromatic hydroxyl groups is 1. The largest absolute Gasteiger partial charge is 0.504 e. The van der Waals surface area contributed by atoms with Crippen LogP contribution in [0.3, 0.4) is 0 Å². The summed E-state index contributed by atoms with van der Waals surface area (Å²) in [7, 11) is 2.71. The average molecular weight is 210 g/mol. The number of benzene rings is 1. The Hall–Kier alpha value is -1.71. The number of methoxy groups -OCH3 is 2. The highest BCUT2D eigenvalue weighted by atomic mass is 16.5. The molecule has 0 bridgehead atoms. The smallest absolute Gasteiger partial charge is 0.342 e. The molecule has 0 amide bonds. The number of rotatable bonds is 2. The Kier molecular flexibility index (Phi) is 3.19. The average Bonchev–Trinajstić information content (AvgIpc) is 2.17. The van der Waals surface area contributed by atoms with E-state index in [1.54, 1.807) is 19.9 Å². The molecule has 1 N–H and O–H groups in total. The van der Waals surface area contributed by atoms with Crippen LogP contribution in [0.5, 0.6) is 11.5 Å². The van der Waals surface area contributed by atoms with E-state index in [2.05, 4.69) is 4.74 Å². The van der Waals surface area contributed by atoms with Crippen molar-refractivity contribution in [1.29, 1.82) is 0 Å². The predicted molar refractivity (Wildman–Crippen MR) is 55.5 cm³/mol. The van der Waals surface area contributed by atoms with Crippen LogP contribution in [0.25, 0.3) is 0 Å². The van der Waals surface area contributed by atoms with Crippen LogP contribution in [0.2, 0.25) is 0 Å². The molecule has 0 saturated heterocycles. The van der Waals surface area contributed by atoms with Crippen molar-refractivity contribution in [3.63, 3.8) is 0 Å². The lowest BCUT2D eigenvalue weighted by Crippen LogP contribution is -2.06. The molecule has 0 unspecified atom stereocenters. The Morgan fingerprint density at radius 1 is 1.27 bits per heavy atom. The lowest BCUT2D eigenvalue weighted by molar-refractivity contribution is 0.0596. The molecular formula is C11H14O4. The van der Waals surface area contributed by atoms with Crippen LogP contribution in [0.1, 0.15) is 21.5 Å². The number of esters is 1. The van der Waals surface area contributed by atoms with E-state index in [0.29, 0.717) is 11.3 Å². The molecule has 4 nitrogen and oxygen atoms in total. The number of phenols is 1. The molecule has 0 aliphatic heterocycles. The molecule has 0 saturated carbocycles. The summed E-state index contributed by atoms with van der Waals surface area (Å²) in [5, 5.41) is 9.83. The van der Waals surface area contributed by atoms with Gasteiger partial charge in [0, 0.05) is 0 Å². The van der Waals surface area contributed by atoms with Gasteiger partial charge in [-0.05, 0) is 25.0 Å². The third-order valence-electron chi connectivity index (χ3n) is 2.23. The summed E-state index contributed by atoms with van der Waals surface area (Å²) in [5.41, 5.74) is 1.60. The highest BCUT2D eigenvalue weighted by Crippen LogP contribution is 2.35. The van der Waals surface area contributed by atoms with Gasteiger partial charge in [0.1, 0.15) is 5.56 Å². The van der Waals surface area contributed by atoms with Crippen LogP contribution in [-0.4, -0.2) is 25.3 Å². The van der Waals surface area contributed by atoms with Crippen molar-refractivity contribution >= 4 is 5.97 Å². The summed E-state index contributed by atoms with van der Waals surface area (Å²) in [6.07, 6.45) is 0. The van der Waals surface area contributed by atoms with E-state index >= 15 is 0 Å². The summed E-state index contributed by atoms with van der Waals surface area (Å²) in [6, 6.07) is 1.77. The van der Waals surface area contributed by atoms with Gasteiger partial charge < -0.3 is 14.6 Å². The molecule has 1 rings (SSSR count). The minimum Gasteiger partial charge on any atom is -0.504 e. The number of aryl methyl sites for hydroxylation is 2. The predicted octanol–water partition coefficient (Wildman–Crippen LogP) is 1.80. The fourth-order valence-corrected chi connectivity index (χ4v) is 1.57. The van der Waals surface area contributed by atoms with Crippen molar-refractivity contribution < 1.29 is 19.4 Å². The van der Waals surface area contributed by atoms with Gasteiger partial charge in [-0.3, -0.25) is 0 Å². The molecule has 0 atom stereocenters. The molecule has 82 valence electrons. The van der Waals surface area contributed by atoms with E-state index in [9.17, 15) is 9.90 Å². The molecule has 15 heavy (non-hydrogen) atoms. The van der Waals surface area contributed by atoms with Crippen LogP contribution < -0.4 is 4.74 Å². The quantitative estimate of drug-likeness (QED) is 0.756. The third kappa shape index (κ3) is 1.88. The summed E-state index contributed by atoms with van der Waals surface area (Å²) < 4.78 is 9.59. The van der Waals surface area contributed by atoms with Crippen molar-refractivity contribution in [2.24, 2.45) is 0 Å². The van der Waals surface area contributed by atoms with E-state index in [4.69, 9.17) is 4.74 Å². The standard InChI is InChI=1S/C11H14O4/c1-6-5-7(2)10(14-3)9(12)8(6)11(13)15-4/h5,12H,1-4H3. The SMILES string of the molecule is COC(=O)c1c(C)cc(C)c(OC)c1O. The van der Waals surface area contributed by atoms with Crippen LogP contribution in [-0.2, 0) is 4.74 Å². The maximum Gasteiger partial charge on any atom is 0.342 e. The second-order valence-corrected chi connectivity index (χ2v) is 3.26. The van der Waals surface area contributed by atoms with Crippen molar-refractivity contribution in [2.45, 2.75) is 13.8 Å². The Morgan fingerprint density at radius 3 is 2.33 bits per heavy atom. The summed E-state index contributed by atoms with van der Waals surface area (Å²) in [5.74, 6) is -0.425. The Balaban J connectivity index is 3.45. The molecule has 0 spiro atoms. The van der Waals surface area contributed by atoms with E-state index in [0.717, 1.165) is 5.56 Å². The third-order valence-corrected chi connectivity index (χ3v) is 2.23. The van der Waals surface area contributed by atoms with Gasteiger partial charge in [-0.25, -0.2) is 4.79 Å². The van der Waals surface area contributed by atoms with E-state index < -0.39 is 5.97 Å². The van der Waals surface area contributed by atoms with E-state index in [-0.39, 0.29) is 11.3 Å². The molecule has 4 heteroatoms. The zero-order valence-electron chi connectivity index (χ0n) is 9.25. The number of phenolic OH excluding ortho intramolecular Hbond substituents is 1. The zero-order valence-corrected chi connectivity index (χ0v) is 9.25. The maximum absolute atomic E-state index is 11.4.